The molecule has 1 heterocycles. The monoisotopic (exact) mass is 295 g/mol. The van der Waals surface area contributed by atoms with Crippen LogP contribution in [0.5, 0.6) is 0 Å². The number of urea groups is 1. The highest BCUT2D eigenvalue weighted by Gasteiger charge is 2.12. The lowest BCUT2D eigenvalue weighted by Gasteiger charge is -2.16. The second-order valence-electron chi connectivity index (χ2n) is 5.26. The molecule has 0 bridgehead atoms. The molecule has 0 aliphatic heterocycles. The molecular weight excluding hydrogens is 270 g/mol. The number of nitrogens with zero attached hydrogens (tertiary/aromatic N) is 3. The average molecular weight is 295 g/mol. The second kappa shape index (κ2) is 7.63. The fourth-order valence-corrected chi connectivity index (χ4v) is 1.61. The lowest BCUT2D eigenvalue weighted by molar-refractivity contribution is 0.218. The Morgan fingerprint density at radius 2 is 1.86 bits per heavy atom. The van der Waals surface area contributed by atoms with Gasteiger partial charge in [0.05, 0.1) is 0 Å². The van der Waals surface area contributed by atoms with Crippen LogP contribution in [0.15, 0.2) is 0 Å². The molecule has 0 unspecified atom stereocenters. The molecule has 8 heteroatoms. The number of anilines is 2. The highest BCUT2D eigenvalue weighted by atomic mass is 16.2. The molecule has 0 radical (unpaired) electrons. The lowest BCUT2D eigenvalue weighted by atomic mass is 10.2. The van der Waals surface area contributed by atoms with E-state index in [9.17, 15) is 4.79 Å². The number of nitrogens with one attached hydrogen (secondary N) is 3. The minimum atomic E-state index is -0.122. The van der Waals surface area contributed by atoms with Gasteiger partial charge in [-0.15, -0.1) is 0 Å². The normalized spacial score (nSPS) is 10.4. The van der Waals surface area contributed by atoms with Gasteiger partial charge in [0.25, 0.3) is 0 Å². The van der Waals surface area contributed by atoms with E-state index in [0.717, 1.165) is 11.4 Å². The molecule has 0 aromatic carbocycles. The Morgan fingerprint density at radius 1 is 1.24 bits per heavy atom. The van der Waals surface area contributed by atoms with Crippen molar-refractivity contribution in [1.29, 1.82) is 0 Å². The smallest absolute Gasteiger partial charge is 0.316 e. The fourth-order valence-electron chi connectivity index (χ4n) is 1.61. The molecule has 0 spiro atoms. The quantitative estimate of drug-likeness (QED) is 0.352. The van der Waals surface area contributed by atoms with Crippen LogP contribution in [0.3, 0.4) is 0 Å². The van der Waals surface area contributed by atoms with Crippen LogP contribution in [0.2, 0.25) is 0 Å². The fraction of sp³-hybridized carbons (Fsp3) is 0.615. The zero-order valence-electron chi connectivity index (χ0n) is 13.3. The Kier molecular flexibility index (Phi) is 6.16. The molecule has 21 heavy (non-hydrogen) atoms. The summed E-state index contributed by atoms with van der Waals surface area (Å²) in [6.07, 6.45) is 0. The molecule has 0 aliphatic carbocycles. The Bertz CT molecular complexity index is 488. The second-order valence-corrected chi connectivity index (χ2v) is 5.26. The predicted molar refractivity (Wildman–Crippen MR) is 84.2 cm³/mol. The van der Waals surface area contributed by atoms with Crippen molar-refractivity contribution < 1.29 is 4.79 Å². The summed E-state index contributed by atoms with van der Waals surface area (Å²) in [4.78, 5) is 21.7. The third-order valence-electron chi connectivity index (χ3n) is 2.92. The number of hydrogen-bond donors (Lipinski definition) is 4. The predicted octanol–water partition coefficient (Wildman–Crippen LogP) is 0.877. The average Bonchev–Trinajstić information content (AvgIpc) is 2.44. The van der Waals surface area contributed by atoms with Gasteiger partial charge in [-0.05, 0) is 6.92 Å². The molecule has 5 N–H and O–H groups in total. The molecule has 2 amide bonds. The van der Waals surface area contributed by atoms with Gasteiger partial charge in [-0.3, -0.25) is 0 Å². The zero-order valence-corrected chi connectivity index (χ0v) is 13.3. The third-order valence-corrected chi connectivity index (χ3v) is 2.92. The lowest BCUT2D eigenvalue weighted by Crippen LogP contribution is -2.37. The number of hydrazine groups is 1. The number of aromatic nitrogens is 2. The summed E-state index contributed by atoms with van der Waals surface area (Å²) in [5, 5.41) is 5.98. The number of hydrogen-bond acceptors (Lipinski definition) is 6. The van der Waals surface area contributed by atoms with Crippen molar-refractivity contribution in [3.8, 4) is 0 Å². The highest BCUT2D eigenvalue weighted by Crippen LogP contribution is 2.22. The Morgan fingerprint density at radius 3 is 2.38 bits per heavy atom. The van der Waals surface area contributed by atoms with Gasteiger partial charge in [0.2, 0.25) is 0 Å². The van der Waals surface area contributed by atoms with E-state index in [2.05, 4.69) is 26.0 Å². The minimum absolute atomic E-state index is 0.122. The van der Waals surface area contributed by atoms with Crippen LogP contribution >= 0.6 is 0 Å². The van der Waals surface area contributed by atoms with Gasteiger partial charge in [-0.25, -0.2) is 20.6 Å². The van der Waals surface area contributed by atoms with Crippen molar-refractivity contribution in [3.63, 3.8) is 0 Å². The molecule has 1 aromatic heterocycles. The van der Waals surface area contributed by atoms with Crippen molar-refractivity contribution in [2.24, 2.45) is 5.84 Å². The van der Waals surface area contributed by atoms with Crippen molar-refractivity contribution in [1.82, 2.24) is 20.2 Å². The van der Waals surface area contributed by atoms with Gasteiger partial charge in [0.15, 0.2) is 0 Å². The van der Waals surface area contributed by atoms with E-state index >= 15 is 0 Å². The minimum Gasteiger partial charge on any atom is -0.368 e. The van der Waals surface area contributed by atoms with E-state index in [4.69, 9.17) is 5.84 Å². The van der Waals surface area contributed by atoms with E-state index in [0.29, 0.717) is 24.7 Å². The summed E-state index contributed by atoms with van der Waals surface area (Å²) < 4.78 is 0. The van der Waals surface area contributed by atoms with Gasteiger partial charge in [-0.1, -0.05) is 13.8 Å². The van der Waals surface area contributed by atoms with Crippen LogP contribution in [0.1, 0.15) is 31.2 Å². The highest BCUT2D eigenvalue weighted by molar-refractivity contribution is 5.73. The molecule has 1 rings (SSSR count). The first-order valence-corrected chi connectivity index (χ1v) is 6.91. The summed E-state index contributed by atoms with van der Waals surface area (Å²) in [5.41, 5.74) is 3.43. The number of carbonyl (C=O) groups excluding carboxylic acids is 1. The molecule has 0 saturated carbocycles. The maximum absolute atomic E-state index is 11.4. The van der Waals surface area contributed by atoms with Gasteiger partial charge in [-0.2, -0.15) is 0 Å². The van der Waals surface area contributed by atoms with Crippen LogP contribution < -0.4 is 21.9 Å². The van der Waals surface area contributed by atoms with E-state index in [-0.39, 0.29) is 11.9 Å². The molecule has 8 nitrogen and oxygen atoms in total. The van der Waals surface area contributed by atoms with E-state index in [1.54, 1.807) is 14.1 Å². The Balaban J connectivity index is 2.70. The van der Waals surface area contributed by atoms with Gasteiger partial charge in [0, 0.05) is 38.7 Å². The van der Waals surface area contributed by atoms with Crippen LogP contribution in [0.25, 0.3) is 0 Å². The van der Waals surface area contributed by atoms with Gasteiger partial charge >= 0.3 is 6.03 Å². The Labute approximate surface area is 125 Å². The summed E-state index contributed by atoms with van der Waals surface area (Å²) in [6, 6.07) is -0.122. The standard InChI is InChI=1S/C13H25N7O/c1-8(2)10-17-11(9(3)12(18-10)19-14)15-6-7-16-13(21)20(4)5/h8H,6-7,14H2,1-5H3,(H,16,21)(H2,15,17,18,19). The summed E-state index contributed by atoms with van der Waals surface area (Å²) in [5.74, 6) is 7.73. The van der Waals surface area contributed by atoms with Crippen molar-refractivity contribution in [2.45, 2.75) is 26.7 Å². The van der Waals surface area contributed by atoms with Crippen LogP contribution in [-0.4, -0.2) is 48.1 Å². The van der Waals surface area contributed by atoms with Crippen LogP contribution in [0.4, 0.5) is 16.4 Å². The molecule has 0 fully saturated rings. The van der Waals surface area contributed by atoms with Gasteiger partial charge < -0.3 is 21.0 Å². The van der Waals surface area contributed by atoms with Crippen LogP contribution in [-0.2, 0) is 0 Å². The SMILES string of the molecule is Cc1c(NN)nc(C(C)C)nc1NCCNC(=O)N(C)C. The topological polar surface area (TPSA) is 108 Å². The Hall–Kier alpha value is -2.09. The number of rotatable bonds is 6. The zero-order chi connectivity index (χ0) is 16.0. The molecule has 0 saturated heterocycles. The molecule has 0 aliphatic rings. The largest absolute Gasteiger partial charge is 0.368 e. The van der Waals surface area contributed by atoms with E-state index in [1.165, 1.54) is 4.90 Å². The maximum atomic E-state index is 11.4. The molecule has 118 valence electrons. The first-order valence-electron chi connectivity index (χ1n) is 6.91. The maximum Gasteiger partial charge on any atom is 0.316 e. The summed E-state index contributed by atoms with van der Waals surface area (Å²) >= 11 is 0. The van der Waals surface area contributed by atoms with E-state index in [1.807, 2.05) is 20.8 Å². The van der Waals surface area contributed by atoms with Crippen molar-refractivity contribution >= 4 is 17.7 Å². The molecule has 0 atom stereocenters. The van der Waals surface area contributed by atoms with Crippen molar-refractivity contribution in [3.05, 3.63) is 11.4 Å². The van der Waals surface area contributed by atoms with Gasteiger partial charge in [0.1, 0.15) is 17.5 Å². The third kappa shape index (κ3) is 4.75. The number of carbonyl (C=O) groups is 1. The van der Waals surface area contributed by atoms with Crippen molar-refractivity contribution in [2.75, 3.05) is 37.9 Å². The van der Waals surface area contributed by atoms with Crippen LogP contribution in [0, 0.1) is 6.92 Å². The summed E-state index contributed by atoms with van der Waals surface area (Å²) in [7, 11) is 3.40. The molecular formula is C13H25N7O. The number of amides is 2. The number of nitrogen functional groups attached to an aromatic ring is 1. The molecule has 1 aromatic rings. The van der Waals surface area contributed by atoms with E-state index < -0.39 is 0 Å². The first kappa shape index (κ1) is 17.0. The number of nitrogens with two attached hydrogens (primary N) is 1. The summed E-state index contributed by atoms with van der Waals surface area (Å²) in [6.45, 7) is 7.00. The first-order chi connectivity index (χ1) is 9.86.